The third-order valence-corrected chi connectivity index (χ3v) is 3.07. The Kier molecular flexibility index (Phi) is 3.33. The Morgan fingerprint density at radius 3 is 2.81 bits per heavy atom. The number of anilines is 1. The summed E-state index contributed by atoms with van der Waals surface area (Å²) in [5, 5.41) is 3.54. The Bertz CT molecular complexity index is 377. The maximum Gasteiger partial charge on any atom is 0.146 e. The van der Waals surface area contributed by atoms with Crippen molar-refractivity contribution in [1.29, 1.82) is 0 Å². The number of hydrogen-bond donors (Lipinski definition) is 2. The van der Waals surface area contributed by atoms with E-state index in [9.17, 15) is 4.39 Å². The molecule has 3 nitrogen and oxygen atoms in total. The lowest BCUT2D eigenvalue weighted by Gasteiger charge is -2.40. The topological polar surface area (TPSA) is 47.3 Å². The summed E-state index contributed by atoms with van der Waals surface area (Å²) in [7, 11) is 0. The molecule has 1 aliphatic heterocycles. The first-order valence-electron chi connectivity index (χ1n) is 5.12. The van der Waals surface area contributed by atoms with Crippen molar-refractivity contribution in [3.05, 3.63) is 29.0 Å². The Morgan fingerprint density at radius 2 is 2.25 bits per heavy atom. The molecule has 1 fully saturated rings. The van der Waals surface area contributed by atoms with Gasteiger partial charge >= 0.3 is 0 Å². The number of benzene rings is 1. The zero-order valence-electron chi connectivity index (χ0n) is 8.80. The van der Waals surface area contributed by atoms with Crippen LogP contribution in [0.2, 0.25) is 5.02 Å². The van der Waals surface area contributed by atoms with Crippen molar-refractivity contribution in [2.24, 2.45) is 11.1 Å². The molecule has 5 heteroatoms. The fourth-order valence-corrected chi connectivity index (χ4v) is 1.77. The second-order valence-corrected chi connectivity index (χ2v) is 4.61. The van der Waals surface area contributed by atoms with Gasteiger partial charge < -0.3 is 15.8 Å². The van der Waals surface area contributed by atoms with Gasteiger partial charge in [-0.15, -0.1) is 0 Å². The van der Waals surface area contributed by atoms with Gasteiger partial charge in [-0.25, -0.2) is 4.39 Å². The van der Waals surface area contributed by atoms with E-state index in [0.717, 1.165) is 0 Å². The molecule has 0 aliphatic carbocycles. The van der Waals surface area contributed by atoms with Gasteiger partial charge in [0.15, 0.2) is 0 Å². The van der Waals surface area contributed by atoms with Crippen LogP contribution in [0.5, 0.6) is 0 Å². The molecule has 1 heterocycles. The Labute approximate surface area is 98.7 Å². The summed E-state index contributed by atoms with van der Waals surface area (Å²) < 4.78 is 18.5. The van der Waals surface area contributed by atoms with Crippen molar-refractivity contribution in [2.45, 2.75) is 0 Å². The van der Waals surface area contributed by atoms with E-state index in [0.29, 0.717) is 37.0 Å². The third kappa shape index (κ3) is 2.29. The number of rotatable bonds is 4. The van der Waals surface area contributed by atoms with Crippen molar-refractivity contribution < 1.29 is 9.13 Å². The van der Waals surface area contributed by atoms with Crippen molar-refractivity contribution in [3.63, 3.8) is 0 Å². The molecule has 0 bridgehead atoms. The van der Waals surface area contributed by atoms with Crippen LogP contribution >= 0.6 is 11.6 Å². The molecule has 2 rings (SSSR count). The maximum absolute atomic E-state index is 13.4. The lowest BCUT2D eigenvalue weighted by atomic mass is 9.86. The van der Waals surface area contributed by atoms with Crippen molar-refractivity contribution in [3.8, 4) is 0 Å². The van der Waals surface area contributed by atoms with Crippen LogP contribution in [0.1, 0.15) is 0 Å². The van der Waals surface area contributed by atoms with Crippen LogP contribution in [0.4, 0.5) is 10.1 Å². The molecule has 1 aliphatic rings. The quantitative estimate of drug-likeness (QED) is 0.850. The van der Waals surface area contributed by atoms with E-state index in [1.54, 1.807) is 6.07 Å². The summed E-state index contributed by atoms with van der Waals surface area (Å²) in [5.41, 5.74) is 6.01. The Balaban J connectivity index is 2.01. The molecule has 0 amide bonds. The Morgan fingerprint density at radius 1 is 1.50 bits per heavy atom. The molecule has 0 atom stereocenters. The molecule has 1 aromatic carbocycles. The number of nitrogens with one attached hydrogen (secondary N) is 1. The summed E-state index contributed by atoms with van der Waals surface area (Å²) in [6.07, 6.45) is 0. The molecule has 0 radical (unpaired) electrons. The van der Waals surface area contributed by atoms with Crippen LogP contribution in [0.15, 0.2) is 18.2 Å². The second-order valence-electron chi connectivity index (χ2n) is 4.17. The van der Waals surface area contributed by atoms with Crippen LogP contribution in [0, 0.1) is 11.2 Å². The molecule has 0 saturated carbocycles. The van der Waals surface area contributed by atoms with E-state index in [4.69, 9.17) is 22.1 Å². The highest BCUT2D eigenvalue weighted by molar-refractivity contribution is 6.30. The van der Waals surface area contributed by atoms with Crippen molar-refractivity contribution >= 4 is 17.3 Å². The molecule has 88 valence electrons. The number of nitrogens with two attached hydrogens (primary N) is 1. The Hall–Kier alpha value is -0.840. The summed E-state index contributed by atoms with van der Waals surface area (Å²) in [5.74, 6) is -0.309. The number of halogens is 2. The fraction of sp³-hybridized carbons (Fsp3) is 0.455. The first kappa shape index (κ1) is 11.6. The predicted octanol–water partition coefficient (Wildman–Crippen LogP) is 1.87. The van der Waals surface area contributed by atoms with E-state index in [2.05, 4.69) is 5.32 Å². The summed E-state index contributed by atoms with van der Waals surface area (Å²) >= 11 is 5.79. The van der Waals surface area contributed by atoms with Gasteiger partial charge in [0.05, 0.1) is 18.9 Å². The van der Waals surface area contributed by atoms with E-state index in [1.807, 2.05) is 0 Å². The standard InChI is InChI=1S/C11H14ClFN2O/c12-8-1-2-9(13)10(3-8)15-5-11(4-14)6-16-7-11/h1-3,15H,4-7,14H2. The number of ether oxygens (including phenoxy) is 1. The minimum Gasteiger partial charge on any atom is -0.382 e. The third-order valence-electron chi connectivity index (χ3n) is 2.83. The predicted molar refractivity (Wildman–Crippen MR) is 62.2 cm³/mol. The first-order valence-corrected chi connectivity index (χ1v) is 5.50. The van der Waals surface area contributed by atoms with Gasteiger partial charge in [0, 0.05) is 23.5 Å². The minimum atomic E-state index is -0.309. The van der Waals surface area contributed by atoms with Crippen LogP contribution in [-0.2, 0) is 4.74 Å². The van der Waals surface area contributed by atoms with Gasteiger partial charge in [-0.3, -0.25) is 0 Å². The van der Waals surface area contributed by atoms with E-state index >= 15 is 0 Å². The molecular formula is C11H14ClFN2O. The maximum atomic E-state index is 13.4. The average Bonchev–Trinajstić information content (AvgIpc) is 2.22. The summed E-state index contributed by atoms with van der Waals surface area (Å²) in [6.45, 7) is 2.38. The highest BCUT2D eigenvalue weighted by Gasteiger charge is 2.37. The zero-order chi connectivity index (χ0) is 11.6. The van der Waals surface area contributed by atoms with E-state index in [1.165, 1.54) is 12.1 Å². The van der Waals surface area contributed by atoms with Crippen LogP contribution in [0.25, 0.3) is 0 Å². The monoisotopic (exact) mass is 244 g/mol. The SMILES string of the molecule is NCC1(CNc2cc(Cl)ccc2F)COC1. The van der Waals surface area contributed by atoms with Crippen LogP contribution < -0.4 is 11.1 Å². The number of hydrogen-bond acceptors (Lipinski definition) is 3. The van der Waals surface area contributed by atoms with E-state index in [-0.39, 0.29) is 11.2 Å². The normalized spacial score (nSPS) is 17.9. The summed E-state index contributed by atoms with van der Waals surface area (Å²) in [6, 6.07) is 4.44. The molecule has 3 N–H and O–H groups in total. The second kappa shape index (κ2) is 4.57. The van der Waals surface area contributed by atoms with Crippen molar-refractivity contribution in [2.75, 3.05) is 31.6 Å². The van der Waals surface area contributed by atoms with Crippen LogP contribution in [-0.4, -0.2) is 26.3 Å². The van der Waals surface area contributed by atoms with Gasteiger partial charge in [-0.1, -0.05) is 11.6 Å². The molecule has 0 aromatic heterocycles. The van der Waals surface area contributed by atoms with Gasteiger partial charge in [0.25, 0.3) is 0 Å². The van der Waals surface area contributed by atoms with Crippen molar-refractivity contribution in [1.82, 2.24) is 0 Å². The summed E-state index contributed by atoms with van der Waals surface area (Å²) in [4.78, 5) is 0. The lowest BCUT2D eigenvalue weighted by Crippen LogP contribution is -2.52. The molecule has 1 saturated heterocycles. The smallest absolute Gasteiger partial charge is 0.146 e. The fourth-order valence-electron chi connectivity index (χ4n) is 1.60. The van der Waals surface area contributed by atoms with Gasteiger partial charge in [0.2, 0.25) is 0 Å². The minimum absolute atomic E-state index is 0.0608. The van der Waals surface area contributed by atoms with Crippen LogP contribution in [0.3, 0.4) is 0 Å². The molecule has 0 unspecified atom stereocenters. The molecule has 0 spiro atoms. The zero-order valence-corrected chi connectivity index (χ0v) is 9.56. The molecule has 1 aromatic rings. The lowest BCUT2D eigenvalue weighted by molar-refractivity contribution is -0.0979. The highest BCUT2D eigenvalue weighted by atomic mass is 35.5. The van der Waals surface area contributed by atoms with Gasteiger partial charge in [-0.05, 0) is 18.2 Å². The highest BCUT2D eigenvalue weighted by Crippen LogP contribution is 2.27. The largest absolute Gasteiger partial charge is 0.382 e. The average molecular weight is 245 g/mol. The van der Waals surface area contributed by atoms with Gasteiger partial charge in [0.1, 0.15) is 5.82 Å². The first-order chi connectivity index (χ1) is 7.65. The van der Waals surface area contributed by atoms with Gasteiger partial charge in [-0.2, -0.15) is 0 Å². The van der Waals surface area contributed by atoms with E-state index < -0.39 is 0 Å². The molecule has 16 heavy (non-hydrogen) atoms. The molecular weight excluding hydrogens is 231 g/mol.